The molecule has 1 fully saturated rings. The van der Waals surface area contributed by atoms with Crippen molar-refractivity contribution < 1.29 is 22.5 Å². The fourth-order valence-corrected chi connectivity index (χ4v) is 5.23. The average Bonchev–Trinajstić information content (AvgIpc) is 3.36. The first-order chi connectivity index (χ1) is 16.8. The number of benzene rings is 2. The number of rotatable bonds is 8. The van der Waals surface area contributed by atoms with E-state index in [0.717, 1.165) is 5.56 Å². The zero-order valence-electron chi connectivity index (χ0n) is 19.9. The highest BCUT2D eigenvalue weighted by Gasteiger charge is 2.24. The molecule has 0 unspecified atom stereocenters. The molecule has 2 aromatic carbocycles. The van der Waals surface area contributed by atoms with Gasteiger partial charge in [-0.25, -0.2) is 13.1 Å². The third-order valence-corrected chi connectivity index (χ3v) is 7.92. The summed E-state index contributed by atoms with van der Waals surface area (Å²) in [4.78, 5) is 19.7. The minimum absolute atomic E-state index is 0.00378. The van der Waals surface area contributed by atoms with Gasteiger partial charge in [-0.1, -0.05) is 43.3 Å². The molecule has 35 heavy (non-hydrogen) atoms. The number of carbonyl (C=O) groups excluding carboxylic acids is 1. The number of amides is 1. The Balaban J connectivity index is 1.48. The van der Waals surface area contributed by atoms with Crippen molar-refractivity contribution in [2.24, 2.45) is 0 Å². The molecule has 2 heterocycles. The summed E-state index contributed by atoms with van der Waals surface area (Å²) in [5.74, 6) is 0.729. The molecular weight excluding hydrogens is 488 g/mol. The lowest BCUT2D eigenvalue weighted by molar-refractivity contribution is 0.0300. The molecule has 0 aliphatic carbocycles. The number of thioether (sulfide) groups is 1. The smallest absolute Gasteiger partial charge is 0.255 e. The molecule has 1 aliphatic heterocycles. The number of hydrogen-bond donors (Lipinski definition) is 1. The van der Waals surface area contributed by atoms with E-state index in [2.05, 4.69) is 28.7 Å². The summed E-state index contributed by atoms with van der Waals surface area (Å²) in [5, 5.41) is 3.96. The molecule has 1 saturated heterocycles. The van der Waals surface area contributed by atoms with Crippen molar-refractivity contribution in [3.63, 3.8) is 0 Å². The molecule has 1 amide bonds. The summed E-state index contributed by atoms with van der Waals surface area (Å²) < 4.78 is 39.0. The van der Waals surface area contributed by atoms with Gasteiger partial charge >= 0.3 is 0 Å². The molecule has 1 aromatic heterocycles. The second kappa shape index (κ2) is 10.9. The summed E-state index contributed by atoms with van der Waals surface area (Å²) in [6.07, 6.45) is 1.85. The quantitative estimate of drug-likeness (QED) is 0.452. The highest BCUT2D eigenvalue weighted by molar-refractivity contribution is 7.98. The van der Waals surface area contributed by atoms with Gasteiger partial charge in [0.1, 0.15) is 0 Å². The zero-order chi connectivity index (χ0) is 25.0. The average molecular weight is 517 g/mol. The number of ether oxygens (including phenoxy) is 1. The van der Waals surface area contributed by atoms with Gasteiger partial charge in [-0.3, -0.25) is 4.79 Å². The van der Waals surface area contributed by atoms with E-state index < -0.39 is 10.0 Å². The van der Waals surface area contributed by atoms with Crippen LogP contribution in [-0.4, -0.2) is 61.9 Å². The van der Waals surface area contributed by atoms with Crippen molar-refractivity contribution in [1.29, 1.82) is 0 Å². The van der Waals surface area contributed by atoms with Crippen LogP contribution in [0.3, 0.4) is 0 Å². The van der Waals surface area contributed by atoms with Crippen LogP contribution in [0, 0.1) is 0 Å². The van der Waals surface area contributed by atoms with E-state index in [-0.39, 0.29) is 23.2 Å². The minimum Gasteiger partial charge on any atom is -0.378 e. The molecule has 0 saturated carbocycles. The molecule has 9 nitrogen and oxygen atoms in total. The molecule has 1 aliphatic rings. The number of aromatic nitrogens is 2. The summed E-state index contributed by atoms with van der Waals surface area (Å²) >= 11 is 1.39. The van der Waals surface area contributed by atoms with Crippen LogP contribution >= 0.6 is 11.8 Å². The Morgan fingerprint density at radius 2 is 1.86 bits per heavy atom. The van der Waals surface area contributed by atoms with Crippen molar-refractivity contribution in [2.75, 3.05) is 32.6 Å². The number of morpholine rings is 1. The lowest BCUT2D eigenvalue weighted by atomic mass is 10.0. The molecule has 0 radical (unpaired) electrons. The van der Waals surface area contributed by atoms with Crippen LogP contribution in [0.5, 0.6) is 0 Å². The molecule has 0 spiro atoms. The van der Waals surface area contributed by atoms with Crippen molar-refractivity contribution >= 4 is 27.7 Å². The Hall–Kier alpha value is -2.73. The molecule has 186 valence electrons. The molecule has 1 N–H and O–H groups in total. The van der Waals surface area contributed by atoms with Crippen LogP contribution in [-0.2, 0) is 21.3 Å². The molecule has 4 rings (SSSR count). The van der Waals surface area contributed by atoms with E-state index in [1.807, 2.05) is 30.5 Å². The van der Waals surface area contributed by atoms with Crippen LogP contribution in [0.2, 0.25) is 0 Å². The van der Waals surface area contributed by atoms with Gasteiger partial charge in [-0.2, -0.15) is 4.98 Å². The first-order valence-electron chi connectivity index (χ1n) is 11.3. The summed E-state index contributed by atoms with van der Waals surface area (Å²) in [5.41, 5.74) is 2.34. The SMILES string of the molecule is CSc1ccc(S(=O)(=O)NCc2nc(-c3ccc(C(C)C)cc3)no2)cc1C(=O)N1CCOCC1. The Labute approximate surface area is 209 Å². The zero-order valence-corrected chi connectivity index (χ0v) is 21.5. The van der Waals surface area contributed by atoms with Crippen LogP contribution in [0.25, 0.3) is 11.4 Å². The van der Waals surface area contributed by atoms with Crippen molar-refractivity contribution in [2.45, 2.75) is 36.1 Å². The van der Waals surface area contributed by atoms with E-state index in [9.17, 15) is 13.2 Å². The van der Waals surface area contributed by atoms with Crippen LogP contribution in [0.4, 0.5) is 0 Å². The Morgan fingerprint density at radius 3 is 2.51 bits per heavy atom. The van der Waals surface area contributed by atoms with Gasteiger partial charge in [0.15, 0.2) is 0 Å². The number of hydrogen-bond acceptors (Lipinski definition) is 8. The first-order valence-corrected chi connectivity index (χ1v) is 14.0. The van der Waals surface area contributed by atoms with Gasteiger partial charge in [0.2, 0.25) is 21.7 Å². The van der Waals surface area contributed by atoms with Gasteiger partial charge < -0.3 is 14.2 Å². The second-order valence-corrected chi connectivity index (χ2v) is 11.0. The maximum Gasteiger partial charge on any atom is 0.255 e. The highest BCUT2D eigenvalue weighted by atomic mass is 32.2. The largest absolute Gasteiger partial charge is 0.378 e. The van der Waals surface area contributed by atoms with E-state index in [1.54, 1.807) is 11.0 Å². The van der Waals surface area contributed by atoms with Gasteiger partial charge in [-0.05, 0) is 35.9 Å². The monoisotopic (exact) mass is 516 g/mol. The van der Waals surface area contributed by atoms with Gasteiger partial charge in [0.25, 0.3) is 5.91 Å². The lowest BCUT2D eigenvalue weighted by Gasteiger charge is -2.27. The third-order valence-electron chi connectivity index (χ3n) is 5.73. The van der Waals surface area contributed by atoms with Crippen LogP contribution in [0.15, 0.2) is 56.8 Å². The van der Waals surface area contributed by atoms with Crippen molar-refractivity contribution in [3.05, 3.63) is 59.5 Å². The van der Waals surface area contributed by atoms with Gasteiger partial charge in [0, 0.05) is 23.5 Å². The second-order valence-electron chi connectivity index (χ2n) is 8.38. The van der Waals surface area contributed by atoms with E-state index in [1.165, 1.54) is 29.5 Å². The van der Waals surface area contributed by atoms with E-state index in [4.69, 9.17) is 9.26 Å². The number of nitrogens with one attached hydrogen (secondary N) is 1. The Morgan fingerprint density at radius 1 is 1.14 bits per heavy atom. The summed E-state index contributed by atoms with van der Waals surface area (Å²) in [7, 11) is -3.92. The molecule has 0 bridgehead atoms. The topological polar surface area (TPSA) is 115 Å². The summed E-state index contributed by atoms with van der Waals surface area (Å²) in [6, 6.07) is 12.4. The van der Waals surface area contributed by atoms with E-state index in [0.29, 0.717) is 48.5 Å². The fourth-order valence-electron chi connectivity index (χ4n) is 3.66. The van der Waals surface area contributed by atoms with Crippen molar-refractivity contribution in [3.8, 4) is 11.4 Å². The summed E-state index contributed by atoms with van der Waals surface area (Å²) in [6.45, 7) is 5.94. The normalized spacial score (nSPS) is 14.5. The maximum atomic E-state index is 13.0. The number of nitrogens with zero attached hydrogens (tertiary/aromatic N) is 3. The highest BCUT2D eigenvalue weighted by Crippen LogP contribution is 2.26. The van der Waals surface area contributed by atoms with Gasteiger partial charge in [0.05, 0.1) is 30.2 Å². The van der Waals surface area contributed by atoms with Crippen LogP contribution < -0.4 is 4.72 Å². The lowest BCUT2D eigenvalue weighted by Crippen LogP contribution is -2.41. The van der Waals surface area contributed by atoms with E-state index >= 15 is 0 Å². The van der Waals surface area contributed by atoms with Crippen LogP contribution in [0.1, 0.15) is 41.6 Å². The molecule has 3 aromatic rings. The predicted molar refractivity (Wildman–Crippen MR) is 133 cm³/mol. The Kier molecular flexibility index (Phi) is 7.90. The standard InChI is InChI=1S/C24H28N4O5S2/c1-16(2)17-4-6-18(7-5-17)23-26-22(33-27-23)15-25-35(30,31)19-8-9-21(34-3)20(14-19)24(29)28-10-12-32-13-11-28/h4-9,14,16,25H,10-13,15H2,1-3H3. The van der Waals surface area contributed by atoms with Crippen molar-refractivity contribution in [1.82, 2.24) is 19.8 Å². The minimum atomic E-state index is -3.92. The molecular formula is C24H28N4O5S2. The third kappa shape index (κ3) is 5.92. The number of sulfonamides is 1. The molecule has 0 atom stereocenters. The molecule has 11 heteroatoms. The van der Waals surface area contributed by atoms with Gasteiger partial charge in [-0.15, -0.1) is 11.8 Å². The number of carbonyl (C=O) groups is 1. The maximum absolute atomic E-state index is 13.0. The Bertz CT molecular complexity index is 1280. The predicted octanol–water partition coefficient (Wildman–Crippen LogP) is 3.53. The fraction of sp³-hybridized carbons (Fsp3) is 0.375. The first kappa shape index (κ1) is 25.4.